The van der Waals surface area contributed by atoms with Crippen LogP contribution in [0.3, 0.4) is 0 Å². The Kier molecular flexibility index (Phi) is 3.81. The molecule has 5 nitrogen and oxygen atoms in total. The number of aryl methyl sites for hydroxylation is 2. The highest BCUT2D eigenvalue weighted by molar-refractivity contribution is 5.92. The quantitative estimate of drug-likeness (QED) is 0.921. The van der Waals surface area contributed by atoms with Gasteiger partial charge in [-0.2, -0.15) is 4.98 Å². The van der Waals surface area contributed by atoms with Crippen molar-refractivity contribution in [1.82, 2.24) is 15.3 Å². The monoisotopic (exact) mass is 311 g/mol. The third-order valence-electron chi connectivity index (χ3n) is 5.08. The van der Waals surface area contributed by atoms with Crippen LogP contribution in [0.1, 0.15) is 24.0 Å². The van der Waals surface area contributed by atoms with Gasteiger partial charge in [0.2, 0.25) is 5.95 Å². The molecule has 2 aromatic rings. The van der Waals surface area contributed by atoms with E-state index in [2.05, 4.69) is 41.1 Å². The van der Waals surface area contributed by atoms with Crippen LogP contribution in [0.25, 0.3) is 10.9 Å². The minimum atomic E-state index is 0.893. The second-order valence-electron chi connectivity index (χ2n) is 6.73. The molecule has 2 saturated heterocycles. The highest BCUT2D eigenvalue weighted by Crippen LogP contribution is 2.31. The lowest BCUT2D eigenvalue weighted by Gasteiger charge is -2.29. The van der Waals surface area contributed by atoms with Gasteiger partial charge in [0, 0.05) is 44.7 Å². The number of benzene rings is 1. The molecular weight excluding hydrogens is 286 g/mol. The summed E-state index contributed by atoms with van der Waals surface area (Å²) >= 11 is 0. The van der Waals surface area contributed by atoms with Crippen molar-refractivity contribution in [3.8, 4) is 0 Å². The molecule has 0 amide bonds. The van der Waals surface area contributed by atoms with E-state index in [1.54, 1.807) is 0 Å². The van der Waals surface area contributed by atoms with Crippen LogP contribution in [0.5, 0.6) is 0 Å². The molecule has 0 saturated carbocycles. The minimum Gasteiger partial charge on any atom is -0.356 e. The second kappa shape index (κ2) is 5.96. The molecule has 0 bridgehead atoms. The molecule has 3 heterocycles. The van der Waals surface area contributed by atoms with Gasteiger partial charge < -0.3 is 15.1 Å². The number of hydrogen-bond donors (Lipinski definition) is 1. The van der Waals surface area contributed by atoms with Crippen LogP contribution in [0.15, 0.2) is 12.1 Å². The normalized spacial score (nSPS) is 18.9. The third-order valence-corrected chi connectivity index (χ3v) is 5.08. The van der Waals surface area contributed by atoms with Crippen molar-refractivity contribution in [2.45, 2.75) is 26.7 Å². The number of rotatable bonds is 2. The van der Waals surface area contributed by atoms with E-state index in [4.69, 9.17) is 9.97 Å². The zero-order valence-corrected chi connectivity index (χ0v) is 14.1. The molecule has 2 aliphatic heterocycles. The maximum absolute atomic E-state index is 4.99. The zero-order chi connectivity index (χ0) is 15.8. The van der Waals surface area contributed by atoms with Crippen LogP contribution < -0.4 is 15.1 Å². The summed E-state index contributed by atoms with van der Waals surface area (Å²) in [6, 6.07) is 4.48. The number of nitrogens with one attached hydrogen (secondary N) is 1. The van der Waals surface area contributed by atoms with Crippen molar-refractivity contribution in [2.24, 2.45) is 0 Å². The van der Waals surface area contributed by atoms with Gasteiger partial charge in [-0.3, -0.25) is 0 Å². The molecule has 122 valence electrons. The van der Waals surface area contributed by atoms with E-state index in [9.17, 15) is 0 Å². The Morgan fingerprint density at radius 2 is 1.57 bits per heavy atom. The van der Waals surface area contributed by atoms with E-state index in [0.717, 1.165) is 56.6 Å². The van der Waals surface area contributed by atoms with Crippen molar-refractivity contribution in [3.05, 3.63) is 23.3 Å². The summed E-state index contributed by atoms with van der Waals surface area (Å²) in [4.78, 5) is 14.6. The predicted molar refractivity (Wildman–Crippen MR) is 95.5 cm³/mol. The Balaban J connectivity index is 1.86. The van der Waals surface area contributed by atoms with Gasteiger partial charge in [0.1, 0.15) is 5.82 Å². The first-order valence-corrected chi connectivity index (χ1v) is 8.72. The number of fused-ring (bicyclic) bond motifs is 1. The largest absolute Gasteiger partial charge is 0.356 e. The molecule has 2 aliphatic rings. The lowest BCUT2D eigenvalue weighted by atomic mass is 10.1. The van der Waals surface area contributed by atoms with Gasteiger partial charge >= 0.3 is 0 Å². The van der Waals surface area contributed by atoms with E-state index in [-0.39, 0.29) is 0 Å². The van der Waals surface area contributed by atoms with Gasteiger partial charge in [-0.15, -0.1) is 0 Å². The summed E-state index contributed by atoms with van der Waals surface area (Å²) in [6.07, 6.45) is 2.53. The maximum Gasteiger partial charge on any atom is 0.227 e. The van der Waals surface area contributed by atoms with Gasteiger partial charge in [0.05, 0.1) is 5.52 Å². The van der Waals surface area contributed by atoms with E-state index < -0.39 is 0 Å². The van der Waals surface area contributed by atoms with Crippen LogP contribution in [0.4, 0.5) is 11.8 Å². The first-order valence-electron chi connectivity index (χ1n) is 8.72. The molecule has 0 atom stereocenters. The number of nitrogens with zero attached hydrogens (tertiary/aromatic N) is 4. The second-order valence-corrected chi connectivity index (χ2v) is 6.73. The average Bonchev–Trinajstić information content (AvgIpc) is 3.10. The Morgan fingerprint density at radius 1 is 0.870 bits per heavy atom. The van der Waals surface area contributed by atoms with E-state index in [1.165, 1.54) is 29.4 Å². The highest BCUT2D eigenvalue weighted by Gasteiger charge is 2.21. The summed E-state index contributed by atoms with van der Waals surface area (Å²) in [6.45, 7) is 10.5. The van der Waals surface area contributed by atoms with Crippen LogP contribution in [-0.4, -0.2) is 49.2 Å². The first-order chi connectivity index (χ1) is 11.2. The average molecular weight is 311 g/mol. The summed E-state index contributed by atoms with van der Waals surface area (Å²) in [5.41, 5.74) is 3.70. The van der Waals surface area contributed by atoms with Crippen molar-refractivity contribution in [1.29, 1.82) is 0 Å². The lowest BCUT2D eigenvalue weighted by molar-refractivity contribution is 0.580. The van der Waals surface area contributed by atoms with Crippen LogP contribution >= 0.6 is 0 Å². The molecule has 0 unspecified atom stereocenters. The Morgan fingerprint density at radius 3 is 2.30 bits per heavy atom. The number of aromatic nitrogens is 2. The zero-order valence-electron chi connectivity index (χ0n) is 14.1. The standard InChI is InChI=1S/C18H25N5/c1-13-11-15-16(12-14(13)2)20-18(23-9-5-19-6-10-23)21-17(15)22-7-3-4-8-22/h11-12,19H,3-10H2,1-2H3. The third kappa shape index (κ3) is 2.74. The maximum atomic E-state index is 4.99. The van der Waals surface area contributed by atoms with E-state index in [1.807, 2.05) is 0 Å². The summed E-state index contributed by atoms with van der Waals surface area (Å²) in [5, 5.41) is 4.60. The highest BCUT2D eigenvalue weighted by atomic mass is 15.3. The minimum absolute atomic E-state index is 0.893. The number of hydrogen-bond acceptors (Lipinski definition) is 5. The fourth-order valence-electron chi connectivity index (χ4n) is 3.54. The smallest absolute Gasteiger partial charge is 0.227 e. The van der Waals surface area contributed by atoms with Gasteiger partial charge in [0.15, 0.2) is 0 Å². The molecule has 2 fully saturated rings. The molecule has 5 heteroatoms. The van der Waals surface area contributed by atoms with Crippen LogP contribution in [0.2, 0.25) is 0 Å². The fourth-order valence-corrected chi connectivity index (χ4v) is 3.54. The van der Waals surface area contributed by atoms with Gasteiger partial charge in [0.25, 0.3) is 0 Å². The molecule has 4 rings (SSSR count). The fraction of sp³-hybridized carbons (Fsp3) is 0.556. The van der Waals surface area contributed by atoms with Crippen molar-refractivity contribution >= 4 is 22.7 Å². The van der Waals surface area contributed by atoms with Gasteiger partial charge in [-0.05, 0) is 49.9 Å². The number of piperazine rings is 1. The molecule has 0 radical (unpaired) electrons. The number of anilines is 2. The molecule has 0 spiro atoms. The summed E-state index contributed by atoms with van der Waals surface area (Å²) < 4.78 is 0. The predicted octanol–water partition coefficient (Wildman–Crippen LogP) is 2.26. The molecule has 1 aromatic heterocycles. The molecule has 0 aliphatic carbocycles. The lowest BCUT2D eigenvalue weighted by Crippen LogP contribution is -2.44. The topological polar surface area (TPSA) is 44.3 Å². The molecule has 23 heavy (non-hydrogen) atoms. The SMILES string of the molecule is Cc1cc2nc(N3CCNCC3)nc(N3CCCC3)c2cc1C. The van der Waals surface area contributed by atoms with E-state index in [0.29, 0.717) is 0 Å². The van der Waals surface area contributed by atoms with Gasteiger partial charge in [-0.1, -0.05) is 0 Å². The Bertz CT molecular complexity index is 715. The Labute approximate surface area is 137 Å². The van der Waals surface area contributed by atoms with E-state index >= 15 is 0 Å². The molecule has 1 aromatic carbocycles. The van der Waals surface area contributed by atoms with Gasteiger partial charge in [-0.25, -0.2) is 4.98 Å². The van der Waals surface area contributed by atoms with Crippen LogP contribution in [-0.2, 0) is 0 Å². The van der Waals surface area contributed by atoms with Crippen LogP contribution in [0, 0.1) is 13.8 Å². The first kappa shape index (κ1) is 14.7. The van der Waals surface area contributed by atoms with Crippen molar-refractivity contribution < 1.29 is 0 Å². The molecule has 1 N–H and O–H groups in total. The van der Waals surface area contributed by atoms with Crippen molar-refractivity contribution in [2.75, 3.05) is 49.1 Å². The Hall–Kier alpha value is -1.88. The summed E-state index contributed by atoms with van der Waals surface area (Å²) in [7, 11) is 0. The summed E-state index contributed by atoms with van der Waals surface area (Å²) in [5.74, 6) is 2.02. The molecular formula is C18H25N5. The van der Waals surface area contributed by atoms with Crippen molar-refractivity contribution in [3.63, 3.8) is 0 Å².